The van der Waals surface area contributed by atoms with Crippen molar-refractivity contribution in [1.29, 1.82) is 0 Å². The van der Waals surface area contributed by atoms with Crippen molar-refractivity contribution in [3.8, 4) is 0 Å². The predicted octanol–water partition coefficient (Wildman–Crippen LogP) is 3.90. The SMILES string of the molecule is CN(CCC(=O)NC=O)c1cc(N(C)C2CCC3(CC2)CCN(C2CCNCC2(F)F)CC3)ccc1Cl. The highest BCUT2D eigenvalue weighted by Crippen LogP contribution is 2.47. The van der Waals surface area contributed by atoms with Crippen molar-refractivity contribution in [2.24, 2.45) is 5.41 Å². The van der Waals surface area contributed by atoms with Gasteiger partial charge in [-0.1, -0.05) is 11.6 Å². The lowest BCUT2D eigenvalue weighted by Crippen LogP contribution is -2.59. The second-order valence-corrected chi connectivity index (χ2v) is 11.5. The van der Waals surface area contributed by atoms with Gasteiger partial charge < -0.3 is 15.1 Å². The van der Waals surface area contributed by atoms with Gasteiger partial charge in [0.05, 0.1) is 23.3 Å². The number of hydrogen-bond acceptors (Lipinski definition) is 6. The van der Waals surface area contributed by atoms with Crippen molar-refractivity contribution in [3.05, 3.63) is 23.2 Å². The molecule has 10 heteroatoms. The molecule has 7 nitrogen and oxygen atoms in total. The van der Waals surface area contributed by atoms with Crippen molar-refractivity contribution in [2.45, 2.75) is 69.4 Å². The number of carbonyl (C=O) groups is 2. The van der Waals surface area contributed by atoms with Crippen LogP contribution in [0.3, 0.4) is 0 Å². The number of alkyl halides is 2. The normalized spacial score (nSPS) is 24.0. The van der Waals surface area contributed by atoms with Gasteiger partial charge in [-0.25, -0.2) is 8.78 Å². The zero-order chi connectivity index (χ0) is 26.6. The minimum absolute atomic E-state index is 0.197. The molecule has 1 saturated carbocycles. The molecule has 37 heavy (non-hydrogen) atoms. The van der Waals surface area contributed by atoms with Crippen LogP contribution in [0, 0.1) is 5.41 Å². The Hall–Kier alpha value is -1.97. The minimum atomic E-state index is -2.64. The highest BCUT2D eigenvalue weighted by Gasteiger charge is 2.47. The van der Waals surface area contributed by atoms with Crippen LogP contribution < -0.4 is 20.4 Å². The molecule has 2 heterocycles. The highest BCUT2D eigenvalue weighted by atomic mass is 35.5. The number of piperidine rings is 2. The number of benzene rings is 1. The van der Waals surface area contributed by atoms with Crippen molar-refractivity contribution in [1.82, 2.24) is 15.5 Å². The summed E-state index contributed by atoms with van der Waals surface area (Å²) < 4.78 is 28.9. The standard InChI is InChI=1S/C27H40ClF2N5O2/c1-33(14-8-25(37)32-19-36)23-17-21(3-4-22(23)28)34(2)20-5-9-26(10-6-20)11-15-35(16-12-26)24-7-13-31-18-27(24,29)30/h3-4,17,19-20,24,31H,5-16,18H2,1-2H3,(H,32,36,37). The summed E-state index contributed by atoms with van der Waals surface area (Å²) in [6.07, 6.45) is 7.57. The lowest BCUT2D eigenvalue weighted by molar-refractivity contribution is -0.125. The fraction of sp³-hybridized carbons (Fsp3) is 0.704. The summed E-state index contributed by atoms with van der Waals surface area (Å²) in [5.74, 6) is -2.96. The van der Waals surface area contributed by atoms with E-state index in [0.29, 0.717) is 37.0 Å². The monoisotopic (exact) mass is 539 g/mol. The van der Waals surface area contributed by atoms with Gasteiger partial charge in [-0.15, -0.1) is 0 Å². The Morgan fingerprint density at radius 1 is 1.19 bits per heavy atom. The second-order valence-electron chi connectivity index (χ2n) is 11.1. The molecule has 4 rings (SSSR count). The van der Waals surface area contributed by atoms with E-state index in [1.54, 1.807) is 0 Å². The van der Waals surface area contributed by atoms with Crippen LogP contribution in [0.25, 0.3) is 0 Å². The first-order valence-corrected chi connectivity index (χ1v) is 13.8. The van der Waals surface area contributed by atoms with E-state index in [4.69, 9.17) is 11.6 Å². The molecule has 3 aliphatic rings. The Bertz CT molecular complexity index is 947. The predicted molar refractivity (Wildman–Crippen MR) is 144 cm³/mol. The maximum atomic E-state index is 14.4. The molecule has 1 aliphatic carbocycles. The Balaban J connectivity index is 1.31. The number of anilines is 2. The molecular weight excluding hydrogens is 500 g/mol. The Morgan fingerprint density at radius 2 is 1.89 bits per heavy atom. The van der Waals surface area contributed by atoms with Crippen LogP contribution in [-0.4, -0.2) is 82.0 Å². The van der Waals surface area contributed by atoms with Crippen LogP contribution in [0.15, 0.2) is 18.2 Å². The molecule has 2 amide bonds. The topological polar surface area (TPSA) is 67.9 Å². The van der Waals surface area contributed by atoms with Gasteiger partial charge in [-0.2, -0.15) is 0 Å². The summed E-state index contributed by atoms with van der Waals surface area (Å²) in [4.78, 5) is 28.4. The Morgan fingerprint density at radius 3 is 2.54 bits per heavy atom. The maximum absolute atomic E-state index is 14.4. The molecule has 3 fully saturated rings. The van der Waals surface area contributed by atoms with Gasteiger partial charge in [0, 0.05) is 38.8 Å². The van der Waals surface area contributed by atoms with E-state index in [0.717, 1.165) is 63.0 Å². The summed E-state index contributed by atoms with van der Waals surface area (Å²) >= 11 is 6.47. The second kappa shape index (κ2) is 11.8. The van der Waals surface area contributed by atoms with E-state index >= 15 is 0 Å². The zero-order valence-electron chi connectivity index (χ0n) is 21.9. The van der Waals surface area contributed by atoms with Crippen molar-refractivity contribution >= 4 is 35.3 Å². The molecule has 2 N–H and O–H groups in total. The van der Waals surface area contributed by atoms with E-state index < -0.39 is 12.0 Å². The van der Waals surface area contributed by atoms with Crippen LogP contribution in [0.2, 0.25) is 5.02 Å². The van der Waals surface area contributed by atoms with Crippen LogP contribution in [0.1, 0.15) is 51.4 Å². The van der Waals surface area contributed by atoms with Gasteiger partial charge in [0.15, 0.2) is 0 Å². The molecule has 0 aromatic heterocycles. The molecule has 1 atom stereocenters. The van der Waals surface area contributed by atoms with Crippen LogP contribution >= 0.6 is 11.6 Å². The third-order valence-electron chi connectivity index (χ3n) is 8.95. The molecule has 1 unspecified atom stereocenters. The molecule has 2 saturated heterocycles. The van der Waals surface area contributed by atoms with Crippen LogP contribution in [0.4, 0.5) is 20.2 Å². The van der Waals surface area contributed by atoms with Gasteiger partial charge in [0.2, 0.25) is 12.3 Å². The third kappa shape index (κ3) is 6.55. The first-order valence-electron chi connectivity index (χ1n) is 13.4. The Labute approximate surface area is 223 Å². The molecule has 1 spiro atoms. The van der Waals surface area contributed by atoms with E-state index in [1.807, 2.05) is 24.1 Å². The molecule has 1 aromatic rings. The fourth-order valence-electron chi connectivity index (χ4n) is 6.44. The number of nitrogens with one attached hydrogen (secondary N) is 2. The van der Waals surface area contributed by atoms with E-state index in [-0.39, 0.29) is 24.3 Å². The van der Waals surface area contributed by atoms with E-state index in [9.17, 15) is 18.4 Å². The quantitative estimate of drug-likeness (QED) is 0.489. The first kappa shape index (κ1) is 28.0. The average Bonchev–Trinajstić information content (AvgIpc) is 2.88. The molecular formula is C27H40ClF2N5O2. The zero-order valence-corrected chi connectivity index (χ0v) is 22.7. The number of amides is 2. The minimum Gasteiger partial charge on any atom is -0.373 e. The van der Waals surface area contributed by atoms with Gasteiger partial charge in [-0.05, 0) is 88.2 Å². The number of carbonyl (C=O) groups excluding carboxylic acids is 2. The van der Waals surface area contributed by atoms with Crippen molar-refractivity contribution in [3.63, 3.8) is 0 Å². The summed E-state index contributed by atoms with van der Waals surface area (Å²) in [5.41, 5.74) is 2.20. The van der Waals surface area contributed by atoms with Crippen molar-refractivity contribution in [2.75, 3.05) is 56.6 Å². The molecule has 0 bridgehead atoms. The molecule has 1 aromatic carbocycles. The number of halogens is 3. The maximum Gasteiger partial charge on any atom is 0.275 e. The molecule has 0 radical (unpaired) electrons. The number of rotatable bonds is 8. The first-order chi connectivity index (χ1) is 17.6. The lowest BCUT2D eigenvalue weighted by Gasteiger charge is -2.50. The summed E-state index contributed by atoms with van der Waals surface area (Å²) in [5, 5.41) is 5.61. The number of imide groups is 1. The molecule has 206 valence electrons. The summed E-state index contributed by atoms with van der Waals surface area (Å²) in [6, 6.07) is 5.77. The number of likely N-dealkylation sites (tertiary alicyclic amines) is 1. The smallest absolute Gasteiger partial charge is 0.275 e. The van der Waals surface area contributed by atoms with Crippen LogP contribution in [0.5, 0.6) is 0 Å². The van der Waals surface area contributed by atoms with E-state index in [1.165, 1.54) is 0 Å². The molecule has 2 aliphatic heterocycles. The Kier molecular flexibility index (Phi) is 8.96. The van der Waals surface area contributed by atoms with E-state index in [2.05, 4.69) is 33.5 Å². The van der Waals surface area contributed by atoms with Gasteiger partial charge in [0.1, 0.15) is 0 Å². The largest absolute Gasteiger partial charge is 0.373 e. The van der Waals surface area contributed by atoms with Crippen LogP contribution in [-0.2, 0) is 9.59 Å². The third-order valence-corrected chi connectivity index (χ3v) is 9.27. The van der Waals surface area contributed by atoms with Gasteiger partial charge in [-0.3, -0.25) is 19.8 Å². The fourth-order valence-corrected chi connectivity index (χ4v) is 6.70. The van der Waals surface area contributed by atoms with Gasteiger partial charge in [0.25, 0.3) is 5.92 Å². The highest BCUT2D eigenvalue weighted by molar-refractivity contribution is 6.33. The summed E-state index contributed by atoms with van der Waals surface area (Å²) in [6.45, 7) is 2.47. The average molecular weight is 540 g/mol. The number of hydrogen-bond donors (Lipinski definition) is 2. The summed E-state index contributed by atoms with van der Waals surface area (Å²) in [7, 11) is 4.00. The van der Waals surface area contributed by atoms with Gasteiger partial charge >= 0.3 is 0 Å². The lowest BCUT2D eigenvalue weighted by atomic mass is 9.66. The number of nitrogens with zero attached hydrogens (tertiary/aromatic N) is 3. The van der Waals surface area contributed by atoms with Crippen molar-refractivity contribution < 1.29 is 18.4 Å².